The summed E-state index contributed by atoms with van der Waals surface area (Å²) in [4.78, 5) is 12.2. The first-order valence-corrected chi connectivity index (χ1v) is 6.72. The van der Waals surface area contributed by atoms with Crippen molar-refractivity contribution >= 4 is 5.91 Å². The molecular formula is C14H27NO. The number of rotatable bonds is 3. The van der Waals surface area contributed by atoms with Gasteiger partial charge in [-0.3, -0.25) is 4.79 Å². The minimum atomic E-state index is 0.242. The Morgan fingerprint density at radius 2 is 1.81 bits per heavy atom. The quantitative estimate of drug-likeness (QED) is 0.785. The van der Waals surface area contributed by atoms with Gasteiger partial charge < -0.3 is 5.32 Å². The molecule has 0 bridgehead atoms. The lowest BCUT2D eigenvalue weighted by Crippen LogP contribution is -2.42. The fourth-order valence-electron chi connectivity index (χ4n) is 2.90. The lowest BCUT2D eigenvalue weighted by molar-refractivity contribution is -0.129. The van der Waals surface area contributed by atoms with Gasteiger partial charge in [0, 0.05) is 12.0 Å². The lowest BCUT2D eigenvalue weighted by Gasteiger charge is -2.36. The van der Waals surface area contributed by atoms with Crippen molar-refractivity contribution in [2.24, 2.45) is 23.7 Å². The second-order valence-corrected chi connectivity index (χ2v) is 6.10. The molecule has 0 radical (unpaired) electrons. The highest BCUT2D eigenvalue weighted by Crippen LogP contribution is 2.38. The summed E-state index contributed by atoms with van der Waals surface area (Å²) >= 11 is 0. The van der Waals surface area contributed by atoms with Crippen molar-refractivity contribution in [2.75, 3.05) is 0 Å². The summed E-state index contributed by atoms with van der Waals surface area (Å²) in [6.07, 6.45) is 3.57. The van der Waals surface area contributed by atoms with E-state index in [9.17, 15) is 4.79 Å². The summed E-state index contributed by atoms with van der Waals surface area (Å²) in [6.45, 7) is 10.8. The number of amides is 1. The van der Waals surface area contributed by atoms with E-state index in [2.05, 4.69) is 26.1 Å². The third-order valence-corrected chi connectivity index (χ3v) is 3.79. The highest BCUT2D eigenvalue weighted by Gasteiger charge is 2.35. The first kappa shape index (κ1) is 13.5. The Morgan fingerprint density at radius 1 is 1.19 bits per heavy atom. The smallest absolute Gasteiger partial charge is 0.223 e. The van der Waals surface area contributed by atoms with E-state index in [-0.39, 0.29) is 17.9 Å². The standard InChI is InChI=1S/C14H27NO/c1-9(2)12-7-6-11(5)8-13(12)14(16)15-10(3)4/h9-13H,6-8H2,1-5H3,(H,15,16). The molecule has 0 saturated heterocycles. The molecule has 2 nitrogen and oxygen atoms in total. The third kappa shape index (κ3) is 3.50. The van der Waals surface area contributed by atoms with Gasteiger partial charge in [-0.15, -0.1) is 0 Å². The largest absolute Gasteiger partial charge is 0.354 e. The Morgan fingerprint density at radius 3 is 2.31 bits per heavy atom. The topological polar surface area (TPSA) is 29.1 Å². The molecule has 1 rings (SSSR count). The molecule has 1 aliphatic carbocycles. The summed E-state index contributed by atoms with van der Waals surface area (Å²) in [5.74, 6) is 2.43. The van der Waals surface area contributed by atoms with Gasteiger partial charge in [-0.05, 0) is 44.4 Å². The van der Waals surface area contributed by atoms with E-state index in [0.717, 1.165) is 6.42 Å². The van der Waals surface area contributed by atoms with Crippen LogP contribution in [0.4, 0.5) is 0 Å². The number of carbonyl (C=O) groups is 1. The van der Waals surface area contributed by atoms with Crippen molar-refractivity contribution in [1.29, 1.82) is 0 Å². The summed E-state index contributed by atoms with van der Waals surface area (Å²) in [5, 5.41) is 3.08. The molecule has 0 aromatic heterocycles. The van der Waals surface area contributed by atoms with Crippen molar-refractivity contribution in [2.45, 2.75) is 59.9 Å². The van der Waals surface area contributed by atoms with Crippen LogP contribution in [-0.4, -0.2) is 11.9 Å². The van der Waals surface area contributed by atoms with Crippen molar-refractivity contribution in [3.63, 3.8) is 0 Å². The number of carbonyl (C=O) groups excluding carboxylic acids is 1. The monoisotopic (exact) mass is 225 g/mol. The molecule has 94 valence electrons. The molecule has 1 amide bonds. The van der Waals surface area contributed by atoms with E-state index in [4.69, 9.17) is 0 Å². The predicted molar refractivity (Wildman–Crippen MR) is 68.1 cm³/mol. The van der Waals surface area contributed by atoms with Crippen LogP contribution in [0.1, 0.15) is 53.9 Å². The molecule has 0 spiro atoms. The first-order chi connectivity index (χ1) is 7.41. The average molecular weight is 225 g/mol. The Hall–Kier alpha value is -0.530. The number of hydrogen-bond acceptors (Lipinski definition) is 1. The molecule has 2 heteroatoms. The van der Waals surface area contributed by atoms with Gasteiger partial charge in [-0.25, -0.2) is 0 Å². The zero-order valence-electron chi connectivity index (χ0n) is 11.4. The van der Waals surface area contributed by atoms with Gasteiger partial charge in [0.2, 0.25) is 5.91 Å². The van der Waals surface area contributed by atoms with Gasteiger partial charge in [0.05, 0.1) is 0 Å². The van der Waals surface area contributed by atoms with Gasteiger partial charge in [0.15, 0.2) is 0 Å². The fourth-order valence-corrected chi connectivity index (χ4v) is 2.90. The summed E-state index contributed by atoms with van der Waals surface area (Å²) in [5.41, 5.74) is 0. The number of hydrogen-bond donors (Lipinski definition) is 1. The van der Waals surface area contributed by atoms with Crippen LogP contribution in [-0.2, 0) is 4.79 Å². The van der Waals surface area contributed by atoms with Crippen molar-refractivity contribution in [3.05, 3.63) is 0 Å². The lowest BCUT2D eigenvalue weighted by atomic mass is 9.69. The van der Waals surface area contributed by atoms with E-state index in [1.165, 1.54) is 12.8 Å². The van der Waals surface area contributed by atoms with Crippen molar-refractivity contribution in [3.8, 4) is 0 Å². The Kier molecular flexibility index (Phi) is 4.82. The molecule has 0 heterocycles. The Bertz CT molecular complexity index is 235. The second-order valence-electron chi connectivity index (χ2n) is 6.10. The van der Waals surface area contributed by atoms with Crippen LogP contribution >= 0.6 is 0 Å². The van der Waals surface area contributed by atoms with Gasteiger partial charge in [-0.2, -0.15) is 0 Å². The van der Waals surface area contributed by atoms with Crippen LogP contribution in [0.25, 0.3) is 0 Å². The highest BCUT2D eigenvalue weighted by atomic mass is 16.1. The Balaban J connectivity index is 2.67. The maximum Gasteiger partial charge on any atom is 0.223 e. The van der Waals surface area contributed by atoms with Gasteiger partial charge in [0.1, 0.15) is 0 Å². The van der Waals surface area contributed by atoms with Crippen molar-refractivity contribution < 1.29 is 4.79 Å². The highest BCUT2D eigenvalue weighted by molar-refractivity contribution is 5.79. The zero-order chi connectivity index (χ0) is 12.3. The van der Waals surface area contributed by atoms with Crippen molar-refractivity contribution in [1.82, 2.24) is 5.32 Å². The molecule has 0 aromatic rings. The minimum absolute atomic E-state index is 0.242. The molecule has 1 saturated carbocycles. The van der Waals surface area contributed by atoms with Crippen LogP contribution < -0.4 is 5.32 Å². The van der Waals surface area contributed by atoms with Crippen LogP contribution in [0.5, 0.6) is 0 Å². The van der Waals surface area contributed by atoms with Crippen LogP contribution in [0.3, 0.4) is 0 Å². The van der Waals surface area contributed by atoms with E-state index in [0.29, 0.717) is 17.8 Å². The second kappa shape index (κ2) is 5.70. The average Bonchev–Trinajstić information content (AvgIpc) is 2.15. The summed E-state index contributed by atoms with van der Waals surface area (Å²) in [6, 6.07) is 0.262. The van der Waals surface area contributed by atoms with E-state index in [1.54, 1.807) is 0 Å². The minimum Gasteiger partial charge on any atom is -0.354 e. The predicted octanol–water partition coefficient (Wildman–Crippen LogP) is 3.22. The third-order valence-electron chi connectivity index (χ3n) is 3.79. The van der Waals surface area contributed by atoms with Gasteiger partial charge in [-0.1, -0.05) is 27.2 Å². The molecule has 1 fully saturated rings. The molecule has 3 atom stereocenters. The normalized spacial score (nSPS) is 30.8. The molecule has 0 aromatic carbocycles. The van der Waals surface area contributed by atoms with Gasteiger partial charge >= 0.3 is 0 Å². The van der Waals surface area contributed by atoms with E-state index < -0.39 is 0 Å². The maximum atomic E-state index is 12.2. The Labute approximate surface area is 100 Å². The number of nitrogens with one attached hydrogen (secondary N) is 1. The first-order valence-electron chi connectivity index (χ1n) is 6.72. The molecular weight excluding hydrogens is 198 g/mol. The zero-order valence-corrected chi connectivity index (χ0v) is 11.4. The van der Waals surface area contributed by atoms with Gasteiger partial charge in [0.25, 0.3) is 0 Å². The molecule has 1 aliphatic rings. The van der Waals surface area contributed by atoms with Crippen LogP contribution in [0, 0.1) is 23.7 Å². The summed E-state index contributed by atoms with van der Waals surface area (Å²) < 4.78 is 0. The SMILES string of the molecule is CC1CCC(C(C)C)C(C(=O)NC(C)C)C1. The van der Waals surface area contributed by atoms with E-state index in [1.807, 2.05) is 13.8 Å². The van der Waals surface area contributed by atoms with E-state index >= 15 is 0 Å². The molecule has 3 unspecified atom stereocenters. The maximum absolute atomic E-state index is 12.2. The summed E-state index contributed by atoms with van der Waals surface area (Å²) in [7, 11) is 0. The van der Waals surface area contributed by atoms with Crippen LogP contribution in [0.15, 0.2) is 0 Å². The molecule has 0 aliphatic heterocycles. The molecule has 16 heavy (non-hydrogen) atoms. The fraction of sp³-hybridized carbons (Fsp3) is 0.929. The van der Waals surface area contributed by atoms with Crippen LogP contribution in [0.2, 0.25) is 0 Å². The molecule has 1 N–H and O–H groups in total.